The fraction of sp³-hybridized carbons (Fsp3) is 0.875. The van der Waals surface area contributed by atoms with Crippen LogP contribution in [0.15, 0.2) is 0 Å². The SMILES string of the molecule is OCCOCCOCCOCC=S. The Kier molecular flexibility index (Phi) is 11.9. The molecule has 0 aliphatic carbocycles. The van der Waals surface area contributed by atoms with E-state index in [0.717, 1.165) is 0 Å². The number of thiocarbonyl (C=S) groups is 1. The molecule has 0 saturated heterocycles. The lowest BCUT2D eigenvalue weighted by Crippen LogP contribution is -2.11. The van der Waals surface area contributed by atoms with Crippen molar-refractivity contribution in [2.45, 2.75) is 0 Å². The molecule has 0 fully saturated rings. The summed E-state index contributed by atoms with van der Waals surface area (Å²) in [5.41, 5.74) is 0. The molecule has 5 heteroatoms. The molecule has 0 aliphatic heterocycles. The molecule has 0 aliphatic rings. The maximum Gasteiger partial charge on any atom is 0.0750 e. The summed E-state index contributed by atoms with van der Waals surface area (Å²) in [7, 11) is 0. The van der Waals surface area contributed by atoms with Gasteiger partial charge in [-0.25, -0.2) is 0 Å². The van der Waals surface area contributed by atoms with Crippen molar-refractivity contribution in [1.82, 2.24) is 0 Å². The number of aliphatic hydroxyl groups excluding tert-OH is 1. The lowest BCUT2D eigenvalue weighted by Gasteiger charge is -2.04. The van der Waals surface area contributed by atoms with Crippen molar-refractivity contribution in [2.24, 2.45) is 0 Å². The second-order valence-corrected chi connectivity index (χ2v) is 2.52. The summed E-state index contributed by atoms with van der Waals surface area (Å²) >= 11 is 4.57. The molecule has 0 radical (unpaired) electrons. The minimum absolute atomic E-state index is 0.0534. The average molecular weight is 208 g/mol. The van der Waals surface area contributed by atoms with E-state index >= 15 is 0 Å². The molecule has 0 aromatic heterocycles. The molecule has 0 heterocycles. The summed E-state index contributed by atoms with van der Waals surface area (Å²) in [5, 5.41) is 9.90. The monoisotopic (exact) mass is 208 g/mol. The molecule has 1 N–H and O–H groups in total. The van der Waals surface area contributed by atoms with Crippen molar-refractivity contribution in [3.05, 3.63) is 0 Å². The van der Waals surface area contributed by atoms with Crippen molar-refractivity contribution in [3.63, 3.8) is 0 Å². The van der Waals surface area contributed by atoms with Crippen molar-refractivity contribution in [2.75, 3.05) is 46.2 Å². The fourth-order valence-corrected chi connectivity index (χ4v) is 0.732. The van der Waals surface area contributed by atoms with Gasteiger partial charge in [-0.05, 0) is 0 Å². The number of aliphatic hydroxyl groups is 1. The van der Waals surface area contributed by atoms with E-state index in [1.165, 1.54) is 5.37 Å². The summed E-state index contributed by atoms with van der Waals surface area (Å²) in [6.45, 7) is 3.04. The largest absolute Gasteiger partial charge is 0.394 e. The number of ether oxygens (including phenoxy) is 3. The van der Waals surface area contributed by atoms with Gasteiger partial charge in [-0.15, -0.1) is 0 Å². The molecule has 78 valence electrons. The highest BCUT2D eigenvalue weighted by molar-refractivity contribution is 7.79. The van der Waals surface area contributed by atoms with Crippen molar-refractivity contribution in [1.29, 1.82) is 0 Å². The first-order chi connectivity index (χ1) is 6.41. The van der Waals surface area contributed by atoms with Crippen LogP contribution >= 0.6 is 12.2 Å². The van der Waals surface area contributed by atoms with E-state index in [-0.39, 0.29) is 6.61 Å². The number of hydrogen-bond acceptors (Lipinski definition) is 5. The Morgan fingerprint density at radius 2 is 1.46 bits per heavy atom. The normalized spacial score (nSPS) is 10.2. The molecular weight excluding hydrogens is 192 g/mol. The van der Waals surface area contributed by atoms with Crippen LogP contribution in [-0.4, -0.2) is 56.7 Å². The zero-order chi connectivity index (χ0) is 9.78. The minimum Gasteiger partial charge on any atom is -0.394 e. The van der Waals surface area contributed by atoms with Crippen molar-refractivity contribution < 1.29 is 19.3 Å². The van der Waals surface area contributed by atoms with Gasteiger partial charge in [-0.1, -0.05) is 12.2 Å². The van der Waals surface area contributed by atoms with Gasteiger partial charge in [0.25, 0.3) is 0 Å². The Morgan fingerprint density at radius 3 is 2.00 bits per heavy atom. The zero-order valence-electron chi connectivity index (χ0n) is 7.61. The van der Waals surface area contributed by atoms with Crippen LogP contribution in [0.5, 0.6) is 0 Å². The maximum atomic E-state index is 8.37. The van der Waals surface area contributed by atoms with Crippen molar-refractivity contribution >= 4 is 17.6 Å². The van der Waals surface area contributed by atoms with E-state index in [9.17, 15) is 0 Å². The van der Waals surface area contributed by atoms with Gasteiger partial charge in [0, 0.05) is 5.37 Å². The third-order valence-electron chi connectivity index (χ3n) is 1.17. The molecule has 4 nitrogen and oxygen atoms in total. The Bertz CT molecular complexity index is 110. The van der Waals surface area contributed by atoms with Crippen LogP contribution in [0.4, 0.5) is 0 Å². The first kappa shape index (κ1) is 12.9. The van der Waals surface area contributed by atoms with Crippen molar-refractivity contribution in [3.8, 4) is 0 Å². The summed E-state index contributed by atoms with van der Waals surface area (Å²) in [5.74, 6) is 0. The van der Waals surface area contributed by atoms with Gasteiger partial charge in [0.05, 0.1) is 46.2 Å². The third kappa shape index (κ3) is 11.9. The highest BCUT2D eigenvalue weighted by atomic mass is 32.1. The van der Waals surface area contributed by atoms with Gasteiger partial charge in [0.15, 0.2) is 0 Å². The van der Waals surface area contributed by atoms with Gasteiger partial charge < -0.3 is 19.3 Å². The highest BCUT2D eigenvalue weighted by Crippen LogP contribution is 1.80. The predicted octanol–water partition coefficient (Wildman–Crippen LogP) is 0.0282. The van der Waals surface area contributed by atoms with E-state index < -0.39 is 0 Å². The Hall–Kier alpha value is -0.0700. The molecule has 13 heavy (non-hydrogen) atoms. The van der Waals surface area contributed by atoms with Crippen LogP contribution in [0.1, 0.15) is 0 Å². The smallest absolute Gasteiger partial charge is 0.0750 e. The molecule has 0 spiro atoms. The van der Waals surface area contributed by atoms with Gasteiger partial charge >= 0.3 is 0 Å². The first-order valence-corrected chi connectivity index (χ1v) is 4.66. The van der Waals surface area contributed by atoms with Gasteiger partial charge in [0.2, 0.25) is 0 Å². The maximum absolute atomic E-state index is 8.37. The number of rotatable bonds is 10. The Labute approximate surface area is 83.8 Å². The predicted molar refractivity (Wildman–Crippen MR) is 53.2 cm³/mol. The molecule has 0 atom stereocenters. The molecule has 0 saturated carbocycles. The molecule has 0 amide bonds. The summed E-state index contributed by atoms with van der Waals surface area (Å²) in [6.07, 6.45) is 0. The molecule has 0 unspecified atom stereocenters. The zero-order valence-corrected chi connectivity index (χ0v) is 8.42. The summed E-state index contributed by atoms with van der Waals surface area (Å²) in [6, 6.07) is 0. The average Bonchev–Trinajstić information content (AvgIpc) is 2.16. The molecule has 0 aromatic rings. The van der Waals surface area contributed by atoms with Crippen LogP contribution < -0.4 is 0 Å². The summed E-state index contributed by atoms with van der Waals surface area (Å²) in [4.78, 5) is 0. The first-order valence-electron chi connectivity index (χ1n) is 4.19. The standard InChI is InChI=1S/C8H16O4S/c9-1-2-10-3-4-11-5-6-12-7-8-13/h8-9H,1-7H2. The highest BCUT2D eigenvalue weighted by Gasteiger charge is 1.89. The second kappa shape index (κ2) is 11.9. The van der Waals surface area contributed by atoms with Gasteiger partial charge in [0.1, 0.15) is 0 Å². The van der Waals surface area contributed by atoms with Crippen LogP contribution in [0.25, 0.3) is 0 Å². The topological polar surface area (TPSA) is 47.9 Å². The molecule has 0 rings (SSSR count). The Balaban J connectivity index is 2.79. The fourth-order valence-electron chi connectivity index (χ4n) is 0.636. The Morgan fingerprint density at radius 1 is 0.923 bits per heavy atom. The van der Waals surface area contributed by atoms with E-state index in [2.05, 4.69) is 12.2 Å². The third-order valence-corrected chi connectivity index (χ3v) is 1.30. The molecular formula is C8H16O4S. The lowest BCUT2D eigenvalue weighted by atomic mass is 10.7. The van der Waals surface area contributed by atoms with Crippen LogP contribution in [-0.2, 0) is 14.2 Å². The molecule has 0 bridgehead atoms. The summed E-state index contributed by atoms with van der Waals surface area (Å²) < 4.78 is 15.2. The van der Waals surface area contributed by atoms with Crippen LogP contribution in [0.3, 0.4) is 0 Å². The van der Waals surface area contributed by atoms with E-state index in [1.54, 1.807) is 0 Å². The van der Waals surface area contributed by atoms with E-state index in [1.807, 2.05) is 0 Å². The molecule has 0 aromatic carbocycles. The minimum atomic E-state index is 0.0534. The number of hydrogen-bond donors (Lipinski definition) is 1. The van der Waals surface area contributed by atoms with Gasteiger partial charge in [-0.2, -0.15) is 0 Å². The van der Waals surface area contributed by atoms with E-state index in [0.29, 0.717) is 39.6 Å². The second-order valence-electron chi connectivity index (χ2n) is 2.19. The quantitative estimate of drug-likeness (QED) is 0.405. The van der Waals surface area contributed by atoms with Crippen LogP contribution in [0.2, 0.25) is 0 Å². The van der Waals surface area contributed by atoms with Gasteiger partial charge in [-0.3, -0.25) is 0 Å². The lowest BCUT2D eigenvalue weighted by molar-refractivity contribution is 0.0133. The van der Waals surface area contributed by atoms with Crippen LogP contribution in [0, 0.1) is 0 Å². The van der Waals surface area contributed by atoms with E-state index in [4.69, 9.17) is 19.3 Å².